The molecule has 1 aromatic carbocycles. The summed E-state index contributed by atoms with van der Waals surface area (Å²) in [5.74, 6) is 0.870. The van der Waals surface area contributed by atoms with Crippen molar-refractivity contribution in [2.24, 2.45) is 0 Å². The molecule has 84 valence electrons. The molecule has 0 aliphatic rings. The van der Waals surface area contributed by atoms with Crippen LogP contribution in [0.4, 0.5) is 0 Å². The van der Waals surface area contributed by atoms with Crippen LogP contribution >= 0.6 is 15.9 Å². The van der Waals surface area contributed by atoms with Crippen molar-refractivity contribution in [3.05, 3.63) is 28.2 Å². The quantitative estimate of drug-likeness (QED) is 0.807. The van der Waals surface area contributed by atoms with Gasteiger partial charge in [-0.2, -0.15) is 0 Å². The zero-order valence-electron chi connectivity index (χ0n) is 9.00. The third-order valence-corrected chi connectivity index (χ3v) is 2.96. The van der Waals surface area contributed by atoms with Crippen molar-refractivity contribution in [1.29, 1.82) is 0 Å². The first-order chi connectivity index (χ1) is 7.27. The van der Waals surface area contributed by atoms with Gasteiger partial charge in [0.15, 0.2) is 0 Å². The van der Waals surface area contributed by atoms with Gasteiger partial charge in [0.1, 0.15) is 5.75 Å². The van der Waals surface area contributed by atoms with Gasteiger partial charge < -0.3 is 9.84 Å². The molecule has 0 saturated carbocycles. The SMILES string of the molecule is COc1ccc(CCCCCO)cc1Br. The van der Waals surface area contributed by atoms with E-state index < -0.39 is 0 Å². The van der Waals surface area contributed by atoms with Crippen molar-refractivity contribution in [3.8, 4) is 5.75 Å². The van der Waals surface area contributed by atoms with Crippen molar-refractivity contribution in [3.63, 3.8) is 0 Å². The standard InChI is InChI=1S/C12H17BrO2/c1-15-12-7-6-10(9-11(12)13)5-3-2-4-8-14/h6-7,9,14H,2-5,8H2,1H3. The molecule has 1 N–H and O–H groups in total. The lowest BCUT2D eigenvalue weighted by atomic mass is 10.1. The van der Waals surface area contributed by atoms with Crippen molar-refractivity contribution in [2.45, 2.75) is 25.7 Å². The van der Waals surface area contributed by atoms with E-state index in [4.69, 9.17) is 9.84 Å². The lowest BCUT2D eigenvalue weighted by Crippen LogP contribution is -1.90. The number of benzene rings is 1. The van der Waals surface area contributed by atoms with Crippen LogP contribution in [0, 0.1) is 0 Å². The smallest absolute Gasteiger partial charge is 0.133 e. The number of aryl methyl sites for hydroxylation is 1. The van der Waals surface area contributed by atoms with Gasteiger partial charge in [-0.15, -0.1) is 0 Å². The number of methoxy groups -OCH3 is 1. The highest BCUT2D eigenvalue weighted by molar-refractivity contribution is 9.10. The zero-order chi connectivity index (χ0) is 11.1. The lowest BCUT2D eigenvalue weighted by Gasteiger charge is -2.06. The topological polar surface area (TPSA) is 29.5 Å². The molecule has 2 nitrogen and oxygen atoms in total. The van der Waals surface area contributed by atoms with E-state index in [9.17, 15) is 0 Å². The van der Waals surface area contributed by atoms with E-state index in [0.29, 0.717) is 6.61 Å². The van der Waals surface area contributed by atoms with Gasteiger partial charge in [0.05, 0.1) is 11.6 Å². The van der Waals surface area contributed by atoms with Gasteiger partial charge in [0, 0.05) is 6.61 Å². The average molecular weight is 273 g/mol. The Hall–Kier alpha value is -0.540. The molecule has 0 atom stereocenters. The number of hydrogen-bond acceptors (Lipinski definition) is 2. The van der Waals surface area contributed by atoms with Crippen LogP contribution in [0.5, 0.6) is 5.75 Å². The van der Waals surface area contributed by atoms with Gasteiger partial charge in [-0.05, 0) is 52.9 Å². The molecule has 0 amide bonds. The van der Waals surface area contributed by atoms with Crippen LogP contribution in [0.25, 0.3) is 0 Å². The summed E-state index contributed by atoms with van der Waals surface area (Å²) < 4.78 is 6.17. The summed E-state index contributed by atoms with van der Waals surface area (Å²) in [7, 11) is 1.67. The van der Waals surface area contributed by atoms with Crippen LogP contribution in [0.2, 0.25) is 0 Å². The van der Waals surface area contributed by atoms with Crippen molar-refractivity contribution in [1.82, 2.24) is 0 Å². The summed E-state index contributed by atoms with van der Waals surface area (Å²) in [6.45, 7) is 0.298. The largest absolute Gasteiger partial charge is 0.496 e. The number of ether oxygens (including phenoxy) is 1. The molecule has 0 aromatic heterocycles. The molecule has 0 aliphatic carbocycles. The number of hydrogen-bond donors (Lipinski definition) is 1. The van der Waals surface area contributed by atoms with Gasteiger partial charge in [0.2, 0.25) is 0 Å². The minimum atomic E-state index is 0.298. The molecule has 0 fully saturated rings. The van der Waals surface area contributed by atoms with Crippen molar-refractivity contribution >= 4 is 15.9 Å². The summed E-state index contributed by atoms with van der Waals surface area (Å²) in [4.78, 5) is 0. The number of unbranched alkanes of at least 4 members (excludes halogenated alkanes) is 2. The summed E-state index contributed by atoms with van der Waals surface area (Å²) in [6.07, 6.45) is 4.17. The van der Waals surface area contributed by atoms with Gasteiger partial charge in [0.25, 0.3) is 0 Å². The first-order valence-electron chi connectivity index (χ1n) is 5.21. The van der Waals surface area contributed by atoms with Crippen LogP contribution in [0.3, 0.4) is 0 Å². The van der Waals surface area contributed by atoms with Crippen LogP contribution in [0.1, 0.15) is 24.8 Å². The third-order valence-electron chi connectivity index (χ3n) is 2.34. The summed E-state index contributed by atoms with van der Waals surface area (Å²) in [5.41, 5.74) is 1.31. The maximum absolute atomic E-state index is 8.65. The molecule has 15 heavy (non-hydrogen) atoms. The number of halogens is 1. The lowest BCUT2D eigenvalue weighted by molar-refractivity contribution is 0.283. The molecule has 0 bridgehead atoms. The minimum Gasteiger partial charge on any atom is -0.496 e. The average Bonchev–Trinajstić information content (AvgIpc) is 2.25. The Balaban J connectivity index is 2.45. The van der Waals surface area contributed by atoms with Crippen LogP contribution in [-0.2, 0) is 6.42 Å². The Bertz CT molecular complexity index is 300. The zero-order valence-corrected chi connectivity index (χ0v) is 10.6. The fourth-order valence-corrected chi connectivity index (χ4v) is 2.07. The number of rotatable bonds is 6. The highest BCUT2D eigenvalue weighted by Crippen LogP contribution is 2.26. The second-order valence-electron chi connectivity index (χ2n) is 3.50. The Morgan fingerprint density at radius 2 is 2.07 bits per heavy atom. The molecule has 0 unspecified atom stereocenters. The van der Waals surface area contributed by atoms with E-state index >= 15 is 0 Å². The molecule has 1 aromatic rings. The fourth-order valence-electron chi connectivity index (χ4n) is 1.48. The molecule has 0 heterocycles. The molecule has 0 aliphatic heterocycles. The van der Waals surface area contributed by atoms with Crippen molar-refractivity contribution in [2.75, 3.05) is 13.7 Å². The third kappa shape index (κ3) is 4.22. The Morgan fingerprint density at radius 1 is 1.27 bits per heavy atom. The van der Waals surface area contributed by atoms with E-state index in [-0.39, 0.29) is 0 Å². The molecule has 3 heteroatoms. The van der Waals surface area contributed by atoms with E-state index in [1.807, 2.05) is 6.07 Å². The van der Waals surface area contributed by atoms with Gasteiger partial charge >= 0.3 is 0 Å². The second-order valence-corrected chi connectivity index (χ2v) is 4.36. The van der Waals surface area contributed by atoms with Crippen molar-refractivity contribution < 1.29 is 9.84 Å². The Labute approximate surface area is 99.4 Å². The van der Waals surface area contributed by atoms with E-state index in [1.165, 1.54) is 5.56 Å². The van der Waals surface area contributed by atoms with E-state index in [0.717, 1.165) is 35.9 Å². The van der Waals surface area contributed by atoms with Gasteiger partial charge in [-0.1, -0.05) is 12.5 Å². The summed E-state index contributed by atoms with van der Waals surface area (Å²) in [6, 6.07) is 6.16. The fraction of sp³-hybridized carbons (Fsp3) is 0.500. The molecule has 0 spiro atoms. The number of aliphatic hydroxyl groups is 1. The summed E-state index contributed by atoms with van der Waals surface area (Å²) in [5, 5.41) is 8.65. The molecule has 0 radical (unpaired) electrons. The highest BCUT2D eigenvalue weighted by Gasteiger charge is 2.00. The predicted molar refractivity (Wildman–Crippen MR) is 65.3 cm³/mol. The summed E-state index contributed by atoms with van der Waals surface area (Å²) >= 11 is 3.46. The minimum absolute atomic E-state index is 0.298. The monoisotopic (exact) mass is 272 g/mol. The van der Waals surface area contributed by atoms with Gasteiger partial charge in [-0.25, -0.2) is 0 Å². The van der Waals surface area contributed by atoms with Crippen LogP contribution in [-0.4, -0.2) is 18.8 Å². The first-order valence-corrected chi connectivity index (χ1v) is 6.00. The normalized spacial score (nSPS) is 10.3. The predicted octanol–water partition coefficient (Wildman–Crippen LogP) is 3.16. The molecule has 0 saturated heterocycles. The Morgan fingerprint density at radius 3 is 2.67 bits per heavy atom. The van der Waals surface area contributed by atoms with E-state index in [2.05, 4.69) is 28.1 Å². The van der Waals surface area contributed by atoms with Crippen LogP contribution < -0.4 is 4.74 Å². The maximum Gasteiger partial charge on any atom is 0.133 e. The second kappa shape index (κ2) is 6.85. The maximum atomic E-state index is 8.65. The highest BCUT2D eigenvalue weighted by atomic mass is 79.9. The number of aliphatic hydroxyl groups excluding tert-OH is 1. The molecular formula is C12H17BrO2. The van der Waals surface area contributed by atoms with E-state index in [1.54, 1.807) is 7.11 Å². The first kappa shape index (κ1) is 12.5. The van der Waals surface area contributed by atoms with Gasteiger partial charge in [-0.3, -0.25) is 0 Å². The Kier molecular flexibility index (Phi) is 5.73. The van der Waals surface area contributed by atoms with Crippen LogP contribution in [0.15, 0.2) is 22.7 Å². The molecular weight excluding hydrogens is 256 g/mol. The molecule has 1 rings (SSSR count).